The van der Waals surface area contributed by atoms with E-state index in [0.29, 0.717) is 12.8 Å². The Bertz CT molecular complexity index is 2280. The molecule has 12 N–H and O–H groups in total. The summed E-state index contributed by atoms with van der Waals surface area (Å²) in [5, 5.41) is 120. The van der Waals surface area contributed by atoms with E-state index in [1.165, 1.54) is 0 Å². The first-order valence-corrected chi connectivity index (χ1v) is 33.7. The third-order valence-electron chi connectivity index (χ3n) is 15.5. The maximum Gasteiger partial charge on any atom is 0.220 e. The molecule has 520 valence electrons. The average Bonchev–Trinajstić information content (AvgIpc) is 0.799. The minimum Gasteiger partial charge on any atom is -0.394 e. The summed E-state index contributed by atoms with van der Waals surface area (Å²) in [4.78, 5) is 13.3. The summed E-state index contributed by atoms with van der Waals surface area (Å²) in [5.74, 6) is -0.316. The Hall–Kier alpha value is -4.59. The van der Waals surface area contributed by atoms with Crippen LogP contribution in [-0.2, 0) is 33.2 Å². The predicted molar refractivity (Wildman–Crippen MR) is 359 cm³/mol. The van der Waals surface area contributed by atoms with Crippen LogP contribution < -0.4 is 5.32 Å². The van der Waals surface area contributed by atoms with Crippen molar-refractivity contribution < 1.29 is 89.4 Å². The molecule has 0 aromatic heterocycles. The topological polar surface area (TPSA) is 307 Å². The molecule has 3 saturated heterocycles. The van der Waals surface area contributed by atoms with Gasteiger partial charge >= 0.3 is 0 Å². The van der Waals surface area contributed by atoms with E-state index in [-0.39, 0.29) is 18.9 Å². The molecule has 0 spiro atoms. The molecule has 17 atom stereocenters. The van der Waals surface area contributed by atoms with E-state index in [9.17, 15) is 61.0 Å². The van der Waals surface area contributed by atoms with Gasteiger partial charge in [0.05, 0.1) is 38.6 Å². The largest absolute Gasteiger partial charge is 0.394 e. The summed E-state index contributed by atoms with van der Waals surface area (Å²) in [6.07, 6.45) is 49.7. The highest BCUT2D eigenvalue weighted by Crippen LogP contribution is 2.33. The lowest BCUT2D eigenvalue weighted by molar-refractivity contribution is -0.379. The fourth-order valence-corrected chi connectivity index (χ4v) is 10.1. The number of rotatable bonds is 48. The number of carbonyl (C=O) groups is 1. The number of nitrogens with one attached hydrogen (secondary N) is 1. The zero-order valence-corrected chi connectivity index (χ0v) is 54.7. The fourth-order valence-electron chi connectivity index (χ4n) is 10.1. The monoisotopic (exact) mass is 1290 g/mol. The zero-order chi connectivity index (χ0) is 66.8. The predicted octanol–water partition coefficient (Wildman–Crippen LogP) is 8.54. The smallest absolute Gasteiger partial charge is 0.220 e. The van der Waals surface area contributed by atoms with Crippen molar-refractivity contribution in [3.05, 3.63) is 158 Å². The molecule has 0 aliphatic carbocycles. The van der Waals surface area contributed by atoms with Crippen LogP contribution in [0.5, 0.6) is 0 Å². The lowest BCUT2D eigenvalue weighted by Crippen LogP contribution is -2.66. The summed E-state index contributed by atoms with van der Waals surface area (Å²) in [6, 6.07) is -1.01. The summed E-state index contributed by atoms with van der Waals surface area (Å²) in [5.41, 5.74) is 0. The fraction of sp³-hybridized carbons (Fsp3) is 0.630. The van der Waals surface area contributed by atoms with E-state index in [1.807, 2.05) is 0 Å². The molecule has 0 aromatic rings. The van der Waals surface area contributed by atoms with E-state index in [2.05, 4.69) is 165 Å². The maximum absolute atomic E-state index is 13.3. The number of amides is 1. The Morgan fingerprint density at radius 1 is 0.391 bits per heavy atom. The first-order valence-electron chi connectivity index (χ1n) is 33.7. The standard InChI is InChI=1S/C73H115NO18/c1-3-5-7-9-11-13-15-16-17-18-19-20-21-22-23-24-25-26-27-28-29-30-31-32-33-34-35-36-37-38-39-40-41-43-45-47-49-51-61(79)74-56(57(78)50-48-46-44-42-14-12-10-8-6-4-2)55-87-71-67(85)64(82)69(59(53-76)89-71)92-73-68(86)65(83)70(60(54-77)90-73)91-72-66(84)63(81)62(80)58(52-75)88-72/h5-8,11,13-14,16-17,19-20,22-23,25-26,28-29,31-32,34-35,37-38,42,48,50,56-60,62-73,75-78,80-86H,3-4,9-10,12,15,18,21,24,27,30,33,36,39-41,43-47,49,51-55H2,1-2H3,(H,74,79)/b7-5-,8-6+,13-11-,17-16-,20-19-,23-22-,26-25-,29-28-,32-31-,35-34-,38-37-,42-14+,50-48+. The number of unbranched alkanes of at least 4 members (excludes halogenated alkanes) is 8. The molecule has 3 heterocycles. The molecule has 3 rings (SSSR count). The minimum absolute atomic E-state index is 0.203. The normalized spacial score (nSPS) is 28.7. The summed E-state index contributed by atoms with van der Waals surface area (Å²) < 4.78 is 34.2. The number of allylic oxidation sites excluding steroid dienone is 25. The molecule has 19 heteroatoms. The molecule has 92 heavy (non-hydrogen) atoms. The van der Waals surface area contributed by atoms with E-state index < -0.39 is 124 Å². The van der Waals surface area contributed by atoms with Gasteiger partial charge in [0.2, 0.25) is 5.91 Å². The Labute approximate surface area is 548 Å². The van der Waals surface area contributed by atoms with Gasteiger partial charge in [0.15, 0.2) is 18.9 Å². The van der Waals surface area contributed by atoms with Gasteiger partial charge in [-0.05, 0) is 116 Å². The molecule has 0 aromatic carbocycles. The third kappa shape index (κ3) is 34.2. The molecule has 19 nitrogen and oxygen atoms in total. The van der Waals surface area contributed by atoms with E-state index >= 15 is 0 Å². The van der Waals surface area contributed by atoms with Crippen LogP contribution in [0.15, 0.2) is 158 Å². The third-order valence-corrected chi connectivity index (χ3v) is 15.5. The molecule has 0 radical (unpaired) electrons. The molecule has 3 fully saturated rings. The van der Waals surface area contributed by atoms with Crippen molar-refractivity contribution in [3.63, 3.8) is 0 Å². The highest BCUT2D eigenvalue weighted by molar-refractivity contribution is 5.76. The number of aliphatic hydroxyl groups is 11. The molecule has 3 aliphatic heterocycles. The van der Waals surface area contributed by atoms with Crippen molar-refractivity contribution in [3.8, 4) is 0 Å². The first kappa shape index (κ1) is 81.6. The van der Waals surface area contributed by atoms with Crippen molar-refractivity contribution in [2.45, 2.75) is 266 Å². The Balaban J connectivity index is 1.36. The van der Waals surface area contributed by atoms with Crippen LogP contribution in [-0.4, -0.2) is 193 Å². The van der Waals surface area contributed by atoms with Gasteiger partial charge in [0.1, 0.15) is 73.2 Å². The first-order chi connectivity index (χ1) is 44.8. The Morgan fingerprint density at radius 3 is 1.17 bits per heavy atom. The Morgan fingerprint density at radius 2 is 0.728 bits per heavy atom. The van der Waals surface area contributed by atoms with Gasteiger partial charge in [0.25, 0.3) is 0 Å². The minimum atomic E-state index is -1.99. The van der Waals surface area contributed by atoms with Crippen LogP contribution in [0.2, 0.25) is 0 Å². The molecule has 3 aliphatic rings. The van der Waals surface area contributed by atoms with Gasteiger partial charge in [0, 0.05) is 6.42 Å². The number of carbonyl (C=O) groups excluding carboxylic acids is 1. The molecule has 0 saturated carbocycles. The van der Waals surface area contributed by atoms with Gasteiger partial charge in [-0.15, -0.1) is 0 Å². The van der Waals surface area contributed by atoms with Crippen LogP contribution in [0.4, 0.5) is 0 Å². The maximum atomic E-state index is 13.3. The summed E-state index contributed by atoms with van der Waals surface area (Å²) >= 11 is 0. The van der Waals surface area contributed by atoms with Crippen molar-refractivity contribution in [2.75, 3.05) is 26.4 Å². The second-order valence-electron chi connectivity index (χ2n) is 23.1. The number of hydrogen-bond donors (Lipinski definition) is 12. The average molecular weight is 1290 g/mol. The molecular formula is C73H115NO18. The number of hydrogen-bond acceptors (Lipinski definition) is 18. The highest BCUT2D eigenvalue weighted by atomic mass is 16.8. The summed E-state index contributed by atoms with van der Waals surface area (Å²) in [7, 11) is 0. The zero-order valence-electron chi connectivity index (χ0n) is 54.7. The number of ether oxygens (including phenoxy) is 6. The molecular weight excluding hydrogens is 1180 g/mol. The summed E-state index contributed by atoms with van der Waals surface area (Å²) in [6.45, 7) is 1.40. The Kier molecular flexibility index (Phi) is 46.7. The van der Waals surface area contributed by atoms with Crippen LogP contribution >= 0.6 is 0 Å². The van der Waals surface area contributed by atoms with E-state index in [4.69, 9.17) is 28.4 Å². The molecule has 0 bridgehead atoms. The molecule has 17 unspecified atom stereocenters. The van der Waals surface area contributed by atoms with Crippen molar-refractivity contribution in [2.24, 2.45) is 0 Å². The number of aliphatic hydroxyl groups excluding tert-OH is 11. The lowest BCUT2D eigenvalue weighted by Gasteiger charge is -2.48. The van der Waals surface area contributed by atoms with Crippen molar-refractivity contribution in [1.29, 1.82) is 0 Å². The van der Waals surface area contributed by atoms with Gasteiger partial charge in [-0.3, -0.25) is 4.79 Å². The SMILES string of the molecule is CC/C=C\C/C=C\C/C=C\C/C=C\C/C=C\C/C=C\C/C=C\C/C=C\C/C=C\C/C=C\CCCCCCCCC(=O)NC(COC1OC(CO)C(OC2OC(CO)C(OC3OC(CO)C(O)C(O)C3O)C(O)C2O)C(O)C1O)C(O)/C=C/CC/C=C/CC/C=C/CC. The lowest BCUT2D eigenvalue weighted by atomic mass is 9.96. The quantitative estimate of drug-likeness (QED) is 0.0201. The van der Waals surface area contributed by atoms with Gasteiger partial charge in [-0.1, -0.05) is 198 Å². The van der Waals surface area contributed by atoms with Crippen molar-refractivity contribution >= 4 is 5.91 Å². The van der Waals surface area contributed by atoms with Gasteiger partial charge < -0.3 is 89.9 Å². The van der Waals surface area contributed by atoms with E-state index in [0.717, 1.165) is 128 Å². The second-order valence-corrected chi connectivity index (χ2v) is 23.1. The van der Waals surface area contributed by atoms with Crippen LogP contribution in [0.3, 0.4) is 0 Å². The van der Waals surface area contributed by atoms with Crippen LogP contribution in [0.1, 0.15) is 162 Å². The van der Waals surface area contributed by atoms with Crippen LogP contribution in [0.25, 0.3) is 0 Å². The van der Waals surface area contributed by atoms with Gasteiger partial charge in [-0.2, -0.15) is 0 Å². The van der Waals surface area contributed by atoms with E-state index in [1.54, 1.807) is 12.2 Å². The van der Waals surface area contributed by atoms with Crippen molar-refractivity contribution in [1.82, 2.24) is 5.32 Å². The van der Waals surface area contributed by atoms with Gasteiger partial charge in [-0.25, -0.2) is 0 Å². The highest BCUT2D eigenvalue weighted by Gasteiger charge is 2.53. The molecule has 1 amide bonds. The second kappa shape index (κ2) is 52.7. The van der Waals surface area contributed by atoms with Crippen LogP contribution in [0, 0.1) is 0 Å².